The lowest BCUT2D eigenvalue weighted by atomic mass is 10.00. The Morgan fingerprint density at radius 2 is 1.97 bits per heavy atom. The number of carbonyl (C=O) groups is 1. The third-order valence-corrected chi connectivity index (χ3v) is 5.69. The summed E-state index contributed by atoms with van der Waals surface area (Å²) in [5.74, 6) is -1.10. The van der Waals surface area contributed by atoms with E-state index in [9.17, 15) is 14.3 Å². The topological polar surface area (TPSA) is 72.9 Å². The Hall–Kier alpha value is -3.48. The van der Waals surface area contributed by atoms with Crippen molar-refractivity contribution < 1.29 is 14.3 Å². The van der Waals surface area contributed by atoms with Crippen LogP contribution in [0.2, 0.25) is 0 Å². The maximum Gasteiger partial charge on any atom is 0.307 e. The summed E-state index contributed by atoms with van der Waals surface area (Å²) in [6.07, 6.45) is 3.33. The average molecular weight is 390 g/mol. The lowest BCUT2D eigenvalue weighted by molar-refractivity contribution is -0.136. The predicted molar refractivity (Wildman–Crippen MR) is 106 cm³/mol. The molecule has 2 aromatic heterocycles. The van der Waals surface area contributed by atoms with Crippen LogP contribution in [0.1, 0.15) is 23.7 Å². The first kappa shape index (κ1) is 17.6. The van der Waals surface area contributed by atoms with Gasteiger partial charge in [-0.15, -0.1) is 5.10 Å². The Kier molecular flexibility index (Phi) is 4.16. The van der Waals surface area contributed by atoms with Crippen LogP contribution in [-0.4, -0.2) is 30.6 Å². The molecule has 29 heavy (non-hydrogen) atoms. The van der Waals surface area contributed by atoms with E-state index in [0.29, 0.717) is 6.54 Å². The Morgan fingerprint density at radius 3 is 2.76 bits per heavy atom. The Balaban J connectivity index is 1.55. The molecule has 0 amide bonds. The highest BCUT2D eigenvalue weighted by atomic mass is 19.1. The fourth-order valence-electron chi connectivity index (χ4n) is 4.42. The third kappa shape index (κ3) is 2.99. The molecule has 1 unspecified atom stereocenters. The van der Waals surface area contributed by atoms with Crippen molar-refractivity contribution in [1.29, 1.82) is 0 Å². The number of fused-ring (bicyclic) bond motifs is 3. The zero-order valence-electron chi connectivity index (χ0n) is 15.6. The van der Waals surface area contributed by atoms with Crippen molar-refractivity contribution in [3.8, 4) is 11.3 Å². The molecule has 1 aliphatic heterocycles. The molecule has 6 nitrogen and oxygen atoms in total. The zero-order valence-corrected chi connectivity index (χ0v) is 15.6. The van der Waals surface area contributed by atoms with Gasteiger partial charge in [0.1, 0.15) is 5.82 Å². The second-order valence-corrected chi connectivity index (χ2v) is 7.39. The number of carboxylic acids is 1. The van der Waals surface area contributed by atoms with Gasteiger partial charge in [0.05, 0.1) is 24.4 Å². The number of aliphatic carboxylic acids is 1. The van der Waals surface area contributed by atoms with Gasteiger partial charge in [0.2, 0.25) is 0 Å². The largest absolute Gasteiger partial charge is 0.481 e. The minimum Gasteiger partial charge on any atom is -0.481 e. The van der Waals surface area contributed by atoms with E-state index >= 15 is 0 Å². The fourth-order valence-corrected chi connectivity index (χ4v) is 4.42. The molecule has 5 rings (SSSR count). The minimum atomic E-state index is -0.818. The van der Waals surface area contributed by atoms with Gasteiger partial charge in [0.25, 0.3) is 0 Å². The van der Waals surface area contributed by atoms with Crippen LogP contribution in [0.25, 0.3) is 22.2 Å². The van der Waals surface area contributed by atoms with Crippen molar-refractivity contribution in [2.45, 2.75) is 31.8 Å². The standard InChI is InChI=1S/C22H19FN4O2/c23-15-7-5-14(6-8-15)21-12-24-25-27(21)16-9-10-20-18(11-22(28)29)17-3-1-2-4-19(17)26(20)13-16/h1-8,12,16H,9-11,13H2,(H,28,29). The van der Waals surface area contributed by atoms with Gasteiger partial charge in [0.15, 0.2) is 0 Å². The average Bonchev–Trinajstić information content (AvgIpc) is 3.32. The SMILES string of the molecule is O=C(O)Cc1c2n(c3ccccc13)CC(n1nncc1-c1ccc(F)cc1)CC2. The Morgan fingerprint density at radius 1 is 1.17 bits per heavy atom. The highest BCUT2D eigenvalue weighted by molar-refractivity contribution is 5.89. The van der Waals surface area contributed by atoms with E-state index in [1.54, 1.807) is 18.3 Å². The van der Waals surface area contributed by atoms with Crippen molar-refractivity contribution in [1.82, 2.24) is 19.6 Å². The number of hydrogen-bond acceptors (Lipinski definition) is 3. The molecule has 2 aromatic carbocycles. The Labute approximate surface area is 166 Å². The van der Waals surface area contributed by atoms with E-state index in [1.165, 1.54) is 12.1 Å². The van der Waals surface area contributed by atoms with E-state index in [0.717, 1.165) is 46.3 Å². The predicted octanol–water partition coefficient (Wildman–Crippen LogP) is 3.85. The first-order valence-corrected chi connectivity index (χ1v) is 9.58. The van der Waals surface area contributed by atoms with E-state index in [2.05, 4.69) is 14.9 Å². The molecule has 4 aromatic rings. The maximum atomic E-state index is 13.3. The van der Waals surface area contributed by atoms with Crippen molar-refractivity contribution in [3.63, 3.8) is 0 Å². The molecule has 0 saturated carbocycles. The molecule has 0 aliphatic carbocycles. The summed E-state index contributed by atoms with van der Waals surface area (Å²) in [6, 6.07) is 14.4. The number of hydrogen-bond donors (Lipinski definition) is 1. The number of nitrogens with zero attached hydrogens (tertiary/aromatic N) is 4. The van der Waals surface area contributed by atoms with E-state index in [1.807, 2.05) is 28.9 Å². The molecule has 3 heterocycles. The van der Waals surface area contributed by atoms with Crippen LogP contribution in [0, 0.1) is 5.82 Å². The number of carboxylic acid groups (broad SMARTS) is 1. The number of para-hydroxylation sites is 1. The molecule has 1 atom stereocenters. The van der Waals surface area contributed by atoms with Crippen LogP contribution in [0.5, 0.6) is 0 Å². The van der Waals surface area contributed by atoms with Gasteiger partial charge in [0, 0.05) is 28.7 Å². The van der Waals surface area contributed by atoms with Crippen LogP contribution in [0.3, 0.4) is 0 Å². The quantitative estimate of drug-likeness (QED) is 0.574. The maximum absolute atomic E-state index is 13.3. The summed E-state index contributed by atoms with van der Waals surface area (Å²) >= 11 is 0. The van der Waals surface area contributed by atoms with Crippen molar-refractivity contribution in [3.05, 3.63) is 71.8 Å². The van der Waals surface area contributed by atoms with Gasteiger partial charge in [-0.05, 0) is 48.7 Å². The minimum absolute atomic E-state index is 0.0255. The summed E-state index contributed by atoms with van der Waals surface area (Å²) < 4.78 is 17.4. The van der Waals surface area contributed by atoms with Crippen LogP contribution >= 0.6 is 0 Å². The van der Waals surface area contributed by atoms with Gasteiger partial charge in [-0.2, -0.15) is 0 Å². The van der Waals surface area contributed by atoms with Crippen molar-refractivity contribution in [2.75, 3.05) is 0 Å². The summed E-state index contributed by atoms with van der Waals surface area (Å²) in [7, 11) is 0. The van der Waals surface area contributed by atoms with Gasteiger partial charge in [-0.25, -0.2) is 9.07 Å². The van der Waals surface area contributed by atoms with Crippen LogP contribution in [-0.2, 0) is 24.2 Å². The van der Waals surface area contributed by atoms with Gasteiger partial charge >= 0.3 is 5.97 Å². The number of halogens is 1. The highest BCUT2D eigenvalue weighted by Gasteiger charge is 2.28. The lowest BCUT2D eigenvalue weighted by Crippen LogP contribution is -2.25. The van der Waals surface area contributed by atoms with Gasteiger partial charge in [-0.3, -0.25) is 4.79 Å². The Bertz CT molecular complexity index is 1210. The molecular formula is C22H19FN4O2. The van der Waals surface area contributed by atoms with E-state index < -0.39 is 5.97 Å². The summed E-state index contributed by atoms with van der Waals surface area (Å²) in [4.78, 5) is 11.4. The summed E-state index contributed by atoms with van der Waals surface area (Å²) in [6.45, 7) is 0.688. The van der Waals surface area contributed by atoms with Gasteiger partial charge in [-0.1, -0.05) is 23.4 Å². The smallest absolute Gasteiger partial charge is 0.307 e. The molecule has 146 valence electrons. The highest BCUT2D eigenvalue weighted by Crippen LogP contribution is 2.35. The van der Waals surface area contributed by atoms with Crippen LogP contribution < -0.4 is 0 Å². The zero-order chi connectivity index (χ0) is 20.0. The first-order valence-electron chi connectivity index (χ1n) is 9.58. The lowest BCUT2D eigenvalue weighted by Gasteiger charge is -2.27. The monoisotopic (exact) mass is 390 g/mol. The van der Waals surface area contributed by atoms with E-state index in [-0.39, 0.29) is 18.3 Å². The third-order valence-electron chi connectivity index (χ3n) is 5.69. The second kappa shape index (κ2) is 6.84. The van der Waals surface area contributed by atoms with Crippen molar-refractivity contribution in [2.24, 2.45) is 0 Å². The summed E-state index contributed by atoms with van der Waals surface area (Å²) in [5, 5.41) is 18.8. The number of benzene rings is 2. The van der Waals surface area contributed by atoms with Crippen LogP contribution in [0.4, 0.5) is 4.39 Å². The normalized spacial score (nSPS) is 16.1. The molecular weight excluding hydrogens is 371 g/mol. The van der Waals surface area contributed by atoms with Gasteiger partial charge < -0.3 is 9.67 Å². The molecule has 0 radical (unpaired) electrons. The molecule has 0 fully saturated rings. The first-order chi connectivity index (χ1) is 14.1. The summed E-state index contributed by atoms with van der Waals surface area (Å²) in [5.41, 5.74) is 4.76. The van der Waals surface area contributed by atoms with Crippen LogP contribution in [0.15, 0.2) is 54.7 Å². The van der Waals surface area contributed by atoms with Crippen molar-refractivity contribution >= 4 is 16.9 Å². The number of rotatable bonds is 4. The molecule has 0 spiro atoms. The fraction of sp³-hybridized carbons (Fsp3) is 0.227. The molecule has 0 bridgehead atoms. The second-order valence-electron chi connectivity index (χ2n) is 7.39. The molecule has 7 heteroatoms. The molecule has 0 saturated heterocycles. The molecule has 1 N–H and O–H groups in total. The van der Waals surface area contributed by atoms with E-state index in [4.69, 9.17) is 0 Å². The molecule has 1 aliphatic rings. The number of aromatic nitrogens is 4.